The molecular formula is C20H26N2O4S. The van der Waals surface area contributed by atoms with Crippen molar-refractivity contribution in [3.63, 3.8) is 0 Å². The van der Waals surface area contributed by atoms with Gasteiger partial charge < -0.3 is 9.64 Å². The van der Waals surface area contributed by atoms with Crippen LogP contribution in [0.1, 0.15) is 20.8 Å². The standard InChI is InChI=1S/C20H26N2O4S/c1-4-21(5-2)20(23)16-26-18-12-14-19(15-13-18)27(24,25)22(6-3)17-10-8-7-9-11-17/h7-15H,4-6,16H2,1-3H3. The second-order valence-corrected chi connectivity index (χ2v) is 7.69. The van der Waals surface area contributed by atoms with Crippen LogP contribution in [0.2, 0.25) is 0 Å². The topological polar surface area (TPSA) is 66.9 Å². The highest BCUT2D eigenvalue weighted by molar-refractivity contribution is 7.92. The third-order valence-corrected chi connectivity index (χ3v) is 6.14. The van der Waals surface area contributed by atoms with Gasteiger partial charge in [0.05, 0.1) is 10.6 Å². The van der Waals surface area contributed by atoms with E-state index in [0.717, 1.165) is 0 Å². The number of nitrogens with zero attached hydrogens (tertiary/aromatic N) is 2. The van der Waals surface area contributed by atoms with E-state index in [2.05, 4.69) is 0 Å². The summed E-state index contributed by atoms with van der Waals surface area (Å²) in [5.41, 5.74) is 0.616. The monoisotopic (exact) mass is 390 g/mol. The van der Waals surface area contributed by atoms with E-state index in [0.29, 0.717) is 31.1 Å². The van der Waals surface area contributed by atoms with E-state index in [1.54, 1.807) is 48.2 Å². The number of likely N-dealkylation sites (N-methyl/N-ethyl adjacent to an activating group) is 1. The number of sulfonamides is 1. The molecule has 2 aromatic rings. The largest absolute Gasteiger partial charge is 0.484 e. The van der Waals surface area contributed by atoms with Crippen molar-refractivity contribution in [2.45, 2.75) is 25.7 Å². The van der Waals surface area contributed by atoms with Gasteiger partial charge in [0, 0.05) is 19.6 Å². The van der Waals surface area contributed by atoms with E-state index < -0.39 is 10.0 Å². The van der Waals surface area contributed by atoms with Gasteiger partial charge in [-0.3, -0.25) is 9.10 Å². The first-order chi connectivity index (χ1) is 12.9. The Labute approximate surface area is 161 Å². The van der Waals surface area contributed by atoms with Gasteiger partial charge >= 0.3 is 0 Å². The normalized spacial score (nSPS) is 11.1. The summed E-state index contributed by atoms with van der Waals surface area (Å²) in [6.07, 6.45) is 0. The molecule has 6 nitrogen and oxygen atoms in total. The third kappa shape index (κ3) is 5.01. The van der Waals surface area contributed by atoms with Gasteiger partial charge in [0.1, 0.15) is 5.75 Å². The quantitative estimate of drug-likeness (QED) is 0.660. The molecule has 27 heavy (non-hydrogen) atoms. The molecule has 0 fully saturated rings. The van der Waals surface area contributed by atoms with Crippen LogP contribution in [0.4, 0.5) is 5.69 Å². The molecule has 0 saturated heterocycles. The fraction of sp³-hybridized carbons (Fsp3) is 0.350. The van der Waals surface area contributed by atoms with Gasteiger partial charge in [-0.1, -0.05) is 18.2 Å². The summed E-state index contributed by atoms with van der Waals surface area (Å²) in [6, 6.07) is 15.1. The average Bonchev–Trinajstić information content (AvgIpc) is 2.69. The Hall–Kier alpha value is -2.54. The summed E-state index contributed by atoms with van der Waals surface area (Å²) in [6.45, 7) is 7.12. The molecule has 0 aliphatic rings. The van der Waals surface area contributed by atoms with Crippen molar-refractivity contribution in [1.82, 2.24) is 4.90 Å². The maximum absolute atomic E-state index is 12.9. The minimum absolute atomic E-state index is 0.0706. The predicted molar refractivity (Wildman–Crippen MR) is 107 cm³/mol. The van der Waals surface area contributed by atoms with Crippen LogP contribution in [0, 0.1) is 0 Å². The van der Waals surface area contributed by atoms with Gasteiger partial charge in [-0.05, 0) is 57.2 Å². The highest BCUT2D eigenvalue weighted by Gasteiger charge is 2.23. The zero-order valence-corrected chi connectivity index (χ0v) is 16.8. The molecule has 0 heterocycles. The summed E-state index contributed by atoms with van der Waals surface area (Å²) in [7, 11) is -3.67. The lowest BCUT2D eigenvalue weighted by molar-refractivity contribution is -0.132. The minimum atomic E-state index is -3.67. The maximum atomic E-state index is 12.9. The van der Waals surface area contributed by atoms with Crippen LogP contribution in [0.3, 0.4) is 0 Å². The number of rotatable bonds is 9. The van der Waals surface area contributed by atoms with Crippen LogP contribution in [0.5, 0.6) is 5.75 Å². The van der Waals surface area contributed by atoms with E-state index in [4.69, 9.17) is 4.74 Å². The molecule has 0 unspecified atom stereocenters. The summed E-state index contributed by atoms with van der Waals surface area (Å²) < 4.78 is 32.7. The number of carbonyl (C=O) groups is 1. The van der Waals surface area contributed by atoms with E-state index >= 15 is 0 Å². The SMILES string of the molecule is CCN(CC)C(=O)COc1ccc(S(=O)(=O)N(CC)c2ccccc2)cc1. The van der Waals surface area contributed by atoms with E-state index in [1.165, 1.54) is 16.4 Å². The van der Waals surface area contributed by atoms with Crippen LogP contribution < -0.4 is 9.04 Å². The number of anilines is 1. The second-order valence-electron chi connectivity index (χ2n) is 5.83. The summed E-state index contributed by atoms with van der Waals surface area (Å²) in [5, 5.41) is 0. The molecule has 0 atom stereocenters. The van der Waals surface area contributed by atoms with Crippen LogP contribution in [-0.2, 0) is 14.8 Å². The first kappa shape index (κ1) is 20.8. The minimum Gasteiger partial charge on any atom is -0.484 e. The number of amides is 1. The number of hydrogen-bond donors (Lipinski definition) is 0. The molecule has 0 spiro atoms. The fourth-order valence-corrected chi connectivity index (χ4v) is 4.21. The molecule has 0 aromatic heterocycles. The molecule has 0 aliphatic carbocycles. The molecule has 0 bridgehead atoms. The second kappa shape index (κ2) is 9.41. The Morgan fingerprint density at radius 1 is 0.889 bits per heavy atom. The van der Waals surface area contributed by atoms with Gasteiger partial charge in [0.15, 0.2) is 6.61 Å². The molecule has 0 radical (unpaired) electrons. The average molecular weight is 391 g/mol. The molecule has 2 aromatic carbocycles. The number of carbonyl (C=O) groups excluding carboxylic acids is 1. The Bertz CT molecular complexity index is 832. The lowest BCUT2D eigenvalue weighted by Gasteiger charge is -2.23. The van der Waals surface area contributed by atoms with Crippen molar-refractivity contribution in [3.8, 4) is 5.75 Å². The highest BCUT2D eigenvalue weighted by Crippen LogP contribution is 2.24. The van der Waals surface area contributed by atoms with E-state index in [9.17, 15) is 13.2 Å². The van der Waals surface area contributed by atoms with Gasteiger partial charge in [0.2, 0.25) is 0 Å². The zero-order valence-electron chi connectivity index (χ0n) is 16.0. The molecule has 146 valence electrons. The van der Waals surface area contributed by atoms with Gasteiger partial charge in [-0.25, -0.2) is 8.42 Å². The van der Waals surface area contributed by atoms with Crippen molar-refractivity contribution < 1.29 is 17.9 Å². The van der Waals surface area contributed by atoms with Gasteiger partial charge in [-0.15, -0.1) is 0 Å². The highest BCUT2D eigenvalue weighted by atomic mass is 32.2. The number of para-hydroxylation sites is 1. The molecule has 0 N–H and O–H groups in total. The van der Waals surface area contributed by atoms with Crippen LogP contribution in [0.15, 0.2) is 59.5 Å². The Morgan fingerprint density at radius 3 is 2.00 bits per heavy atom. The summed E-state index contributed by atoms with van der Waals surface area (Å²) >= 11 is 0. The Balaban J connectivity index is 2.12. The van der Waals surface area contributed by atoms with Crippen molar-refractivity contribution in [3.05, 3.63) is 54.6 Å². The lowest BCUT2D eigenvalue weighted by atomic mass is 10.3. The predicted octanol–water partition coefficient (Wildman–Crippen LogP) is 3.15. The first-order valence-corrected chi connectivity index (χ1v) is 10.5. The smallest absolute Gasteiger partial charge is 0.264 e. The van der Waals surface area contributed by atoms with Crippen molar-refractivity contribution >= 4 is 21.6 Å². The molecule has 0 aliphatic heterocycles. The Kier molecular flexibility index (Phi) is 7.24. The van der Waals surface area contributed by atoms with Crippen molar-refractivity contribution in [2.75, 3.05) is 30.5 Å². The number of hydrogen-bond acceptors (Lipinski definition) is 4. The van der Waals surface area contributed by atoms with E-state index in [-0.39, 0.29) is 17.4 Å². The molecule has 7 heteroatoms. The molecule has 1 amide bonds. The molecule has 2 rings (SSSR count). The lowest BCUT2D eigenvalue weighted by Crippen LogP contribution is -2.34. The van der Waals surface area contributed by atoms with Crippen molar-refractivity contribution in [2.24, 2.45) is 0 Å². The zero-order chi connectivity index (χ0) is 19.9. The van der Waals surface area contributed by atoms with E-state index in [1.807, 2.05) is 19.9 Å². The number of benzene rings is 2. The fourth-order valence-electron chi connectivity index (χ4n) is 2.73. The third-order valence-electron chi connectivity index (χ3n) is 4.22. The van der Waals surface area contributed by atoms with Gasteiger partial charge in [0.25, 0.3) is 15.9 Å². The molecule has 0 saturated carbocycles. The van der Waals surface area contributed by atoms with Gasteiger partial charge in [-0.2, -0.15) is 0 Å². The molecular weight excluding hydrogens is 364 g/mol. The summed E-state index contributed by atoms with van der Waals surface area (Å²) in [4.78, 5) is 13.8. The van der Waals surface area contributed by atoms with Crippen LogP contribution >= 0.6 is 0 Å². The summed E-state index contributed by atoms with van der Waals surface area (Å²) in [5.74, 6) is 0.357. The van der Waals surface area contributed by atoms with Crippen LogP contribution in [-0.4, -0.2) is 45.5 Å². The van der Waals surface area contributed by atoms with Crippen LogP contribution in [0.25, 0.3) is 0 Å². The maximum Gasteiger partial charge on any atom is 0.264 e. The number of ether oxygens (including phenoxy) is 1. The van der Waals surface area contributed by atoms with Crippen molar-refractivity contribution in [1.29, 1.82) is 0 Å². The Morgan fingerprint density at radius 2 is 1.48 bits per heavy atom. The first-order valence-electron chi connectivity index (χ1n) is 9.02.